The first-order valence-corrected chi connectivity index (χ1v) is 6.59. The van der Waals surface area contributed by atoms with E-state index in [-0.39, 0.29) is 0 Å². The highest BCUT2D eigenvalue weighted by Gasteiger charge is 2.16. The first kappa shape index (κ1) is 11.8. The molecule has 2 atom stereocenters. The van der Waals surface area contributed by atoms with Crippen LogP contribution in [-0.4, -0.2) is 24.1 Å². The Balaban J connectivity index is 1.80. The minimum Gasteiger partial charge on any atom is -0.379 e. The van der Waals surface area contributed by atoms with Crippen LogP contribution in [0.25, 0.3) is 0 Å². The molecule has 0 radical (unpaired) electrons. The van der Waals surface area contributed by atoms with Crippen LogP contribution in [0.3, 0.4) is 0 Å². The van der Waals surface area contributed by atoms with Crippen molar-refractivity contribution in [3.63, 3.8) is 0 Å². The van der Waals surface area contributed by atoms with Crippen molar-refractivity contribution in [1.29, 1.82) is 0 Å². The summed E-state index contributed by atoms with van der Waals surface area (Å²) in [7, 11) is 0. The van der Waals surface area contributed by atoms with E-state index in [4.69, 9.17) is 12.2 Å². The first-order chi connectivity index (χ1) is 7.84. The number of rotatable bonds is 2. The van der Waals surface area contributed by atoms with Crippen molar-refractivity contribution in [3.8, 4) is 0 Å². The SMILES string of the molecule is S=C1CN[C@H](CC2C=CC=CC2)CCCN1. The van der Waals surface area contributed by atoms with Crippen molar-refractivity contribution in [2.45, 2.75) is 31.7 Å². The average Bonchev–Trinajstić information content (AvgIpc) is 2.30. The lowest BCUT2D eigenvalue weighted by Gasteiger charge is -2.25. The summed E-state index contributed by atoms with van der Waals surface area (Å²) in [6.07, 6.45) is 13.8. The Labute approximate surface area is 103 Å². The zero-order valence-corrected chi connectivity index (χ0v) is 10.4. The molecule has 1 unspecified atom stereocenters. The molecular weight excluding hydrogens is 216 g/mol. The molecule has 2 rings (SSSR count). The lowest BCUT2D eigenvalue weighted by Crippen LogP contribution is -2.42. The van der Waals surface area contributed by atoms with Gasteiger partial charge in [0.1, 0.15) is 0 Å². The maximum Gasteiger partial charge on any atom is 0.0893 e. The average molecular weight is 236 g/mol. The molecule has 3 heteroatoms. The zero-order valence-electron chi connectivity index (χ0n) is 9.61. The highest BCUT2D eigenvalue weighted by atomic mass is 32.1. The van der Waals surface area contributed by atoms with E-state index in [2.05, 4.69) is 34.9 Å². The second-order valence-corrected chi connectivity index (χ2v) is 5.11. The van der Waals surface area contributed by atoms with Gasteiger partial charge in [0.05, 0.1) is 4.99 Å². The van der Waals surface area contributed by atoms with Gasteiger partial charge in [0.15, 0.2) is 0 Å². The Bertz CT molecular complexity index is 296. The van der Waals surface area contributed by atoms with E-state index in [1.165, 1.54) is 25.7 Å². The lowest BCUT2D eigenvalue weighted by molar-refractivity contribution is 0.403. The van der Waals surface area contributed by atoms with E-state index >= 15 is 0 Å². The van der Waals surface area contributed by atoms with E-state index in [1.54, 1.807) is 0 Å². The van der Waals surface area contributed by atoms with Crippen LogP contribution in [0.4, 0.5) is 0 Å². The van der Waals surface area contributed by atoms with Gasteiger partial charge in [-0.15, -0.1) is 0 Å². The Morgan fingerprint density at radius 1 is 1.38 bits per heavy atom. The van der Waals surface area contributed by atoms with Crippen molar-refractivity contribution in [2.24, 2.45) is 5.92 Å². The van der Waals surface area contributed by atoms with Gasteiger partial charge >= 0.3 is 0 Å². The summed E-state index contributed by atoms with van der Waals surface area (Å²) in [5.41, 5.74) is 0. The van der Waals surface area contributed by atoms with Gasteiger partial charge in [-0.3, -0.25) is 0 Å². The van der Waals surface area contributed by atoms with Crippen molar-refractivity contribution in [1.82, 2.24) is 10.6 Å². The Kier molecular flexibility index (Phi) is 4.55. The quantitative estimate of drug-likeness (QED) is 0.719. The van der Waals surface area contributed by atoms with Gasteiger partial charge in [-0.2, -0.15) is 0 Å². The van der Waals surface area contributed by atoms with Crippen LogP contribution in [0.2, 0.25) is 0 Å². The molecule has 1 aliphatic carbocycles. The highest BCUT2D eigenvalue weighted by molar-refractivity contribution is 7.80. The summed E-state index contributed by atoms with van der Waals surface area (Å²) >= 11 is 5.21. The maximum absolute atomic E-state index is 5.21. The first-order valence-electron chi connectivity index (χ1n) is 6.18. The summed E-state index contributed by atoms with van der Waals surface area (Å²) in [6, 6.07) is 0.626. The van der Waals surface area contributed by atoms with E-state index in [0.717, 1.165) is 18.1 Å². The Morgan fingerprint density at radius 2 is 2.31 bits per heavy atom. The number of nitrogens with one attached hydrogen (secondary N) is 2. The van der Waals surface area contributed by atoms with Crippen molar-refractivity contribution in [2.75, 3.05) is 13.1 Å². The molecule has 1 fully saturated rings. The van der Waals surface area contributed by atoms with Gasteiger partial charge in [0, 0.05) is 19.1 Å². The molecular formula is C13H20N2S. The standard InChI is InChI=1S/C13H20N2S/c16-13-10-15-12(7-4-8-14-13)9-11-5-2-1-3-6-11/h1-3,5,11-12,15H,4,6-10H2,(H,14,16)/t11?,12-/m0/s1. The fraction of sp³-hybridized carbons (Fsp3) is 0.615. The molecule has 2 N–H and O–H groups in total. The van der Waals surface area contributed by atoms with Gasteiger partial charge in [-0.1, -0.05) is 36.5 Å². The number of allylic oxidation sites excluding steroid dienone is 4. The monoisotopic (exact) mass is 236 g/mol. The summed E-state index contributed by atoms with van der Waals surface area (Å²) < 4.78 is 0. The van der Waals surface area contributed by atoms with E-state index < -0.39 is 0 Å². The normalized spacial score (nSPS) is 30.6. The Morgan fingerprint density at radius 3 is 3.12 bits per heavy atom. The molecule has 0 aromatic rings. The van der Waals surface area contributed by atoms with E-state index in [9.17, 15) is 0 Å². The van der Waals surface area contributed by atoms with Crippen LogP contribution in [0.1, 0.15) is 25.7 Å². The molecule has 0 aromatic heterocycles. The van der Waals surface area contributed by atoms with Gasteiger partial charge in [-0.05, 0) is 31.6 Å². The van der Waals surface area contributed by atoms with Gasteiger partial charge in [0.25, 0.3) is 0 Å². The summed E-state index contributed by atoms with van der Waals surface area (Å²) in [6.45, 7) is 1.88. The molecule has 2 nitrogen and oxygen atoms in total. The van der Waals surface area contributed by atoms with Crippen LogP contribution < -0.4 is 10.6 Å². The molecule has 16 heavy (non-hydrogen) atoms. The summed E-state index contributed by atoms with van der Waals surface area (Å²) in [5.74, 6) is 0.712. The van der Waals surface area contributed by atoms with Crippen molar-refractivity contribution in [3.05, 3.63) is 24.3 Å². The molecule has 0 spiro atoms. The van der Waals surface area contributed by atoms with Crippen LogP contribution >= 0.6 is 12.2 Å². The largest absolute Gasteiger partial charge is 0.379 e. The van der Waals surface area contributed by atoms with Gasteiger partial charge < -0.3 is 10.6 Å². The topological polar surface area (TPSA) is 24.1 Å². The fourth-order valence-electron chi connectivity index (χ4n) is 2.35. The zero-order chi connectivity index (χ0) is 11.2. The summed E-state index contributed by atoms with van der Waals surface area (Å²) in [4.78, 5) is 0.962. The number of thiocarbonyl (C=S) groups is 1. The molecule has 1 saturated heterocycles. The third-order valence-electron chi connectivity index (χ3n) is 3.26. The fourth-order valence-corrected chi connectivity index (χ4v) is 2.54. The van der Waals surface area contributed by atoms with E-state index in [0.29, 0.717) is 12.0 Å². The molecule has 2 aliphatic rings. The minimum absolute atomic E-state index is 0.626. The second kappa shape index (κ2) is 6.16. The third kappa shape index (κ3) is 3.72. The van der Waals surface area contributed by atoms with Crippen molar-refractivity contribution >= 4 is 17.2 Å². The Hall–Kier alpha value is -0.670. The maximum atomic E-state index is 5.21. The smallest absolute Gasteiger partial charge is 0.0893 e. The molecule has 0 bridgehead atoms. The van der Waals surface area contributed by atoms with Crippen LogP contribution in [0, 0.1) is 5.92 Å². The van der Waals surface area contributed by atoms with Crippen molar-refractivity contribution < 1.29 is 0 Å². The molecule has 0 amide bonds. The highest BCUT2D eigenvalue weighted by Crippen LogP contribution is 2.19. The molecule has 0 aromatic carbocycles. The van der Waals surface area contributed by atoms with Gasteiger partial charge in [0.2, 0.25) is 0 Å². The van der Waals surface area contributed by atoms with Crippen LogP contribution in [0.5, 0.6) is 0 Å². The number of hydrogen-bond donors (Lipinski definition) is 2. The second-order valence-electron chi connectivity index (χ2n) is 4.61. The van der Waals surface area contributed by atoms with Crippen LogP contribution in [-0.2, 0) is 0 Å². The lowest BCUT2D eigenvalue weighted by atomic mass is 9.91. The predicted octanol–water partition coefficient (Wildman–Crippen LogP) is 2.18. The summed E-state index contributed by atoms with van der Waals surface area (Å²) in [5, 5.41) is 6.81. The molecule has 88 valence electrons. The predicted molar refractivity (Wildman–Crippen MR) is 72.6 cm³/mol. The molecule has 1 aliphatic heterocycles. The van der Waals surface area contributed by atoms with Crippen LogP contribution in [0.15, 0.2) is 24.3 Å². The minimum atomic E-state index is 0.626. The van der Waals surface area contributed by atoms with E-state index in [1.807, 2.05) is 0 Å². The number of hydrogen-bond acceptors (Lipinski definition) is 2. The third-order valence-corrected chi connectivity index (χ3v) is 3.55. The molecule has 0 saturated carbocycles. The van der Waals surface area contributed by atoms with Gasteiger partial charge in [-0.25, -0.2) is 0 Å². The molecule has 1 heterocycles.